The van der Waals surface area contributed by atoms with Gasteiger partial charge in [0, 0.05) is 12.0 Å². The van der Waals surface area contributed by atoms with Crippen LogP contribution in [0.25, 0.3) is 11.1 Å². The van der Waals surface area contributed by atoms with Crippen LogP contribution in [0.15, 0.2) is 30.1 Å². The average molecular weight is 427 g/mol. The molecule has 168 valence electrons. The summed E-state index contributed by atoms with van der Waals surface area (Å²) in [6, 6.07) is 5.93. The molecule has 0 aromatic heterocycles. The summed E-state index contributed by atoms with van der Waals surface area (Å²) in [6.07, 6.45) is 8.30. The van der Waals surface area contributed by atoms with Crippen molar-refractivity contribution in [3.63, 3.8) is 0 Å². The molecule has 0 radical (unpaired) electrons. The fourth-order valence-electron chi connectivity index (χ4n) is 4.76. The Kier molecular flexibility index (Phi) is 6.24. The second-order valence-corrected chi connectivity index (χ2v) is 9.94. The van der Waals surface area contributed by atoms with E-state index in [1.54, 1.807) is 6.92 Å². The van der Waals surface area contributed by atoms with E-state index in [2.05, 4.69) is 33.8 Å². The first-order valence-corrected chi connectivity index (χ1v) is 11.8. The van der Waals surface area contributed by atoms with Crippen LogP contribution in [0, 0.1) is 17.8 Å². The monoisotopic (exact) mass is 426 g/mol. The molecule has 3 aliphatic rings. The molecule has 1 aromatic rings. The molecule has 0 saturated heterocycles. The first-order chi connectivity index (χ1) is 14.8. The predicted molar refractivity (Wildman–Crippen MR) is 122 cm³/mol. The van der Waals surface area contributed by atoms with Crippen molar-refractivity contribution < 1.29 is 18.7 Å². The van der Waals surface area contributed by atoms with E-state index in [9.17, 15) is 9.18 Å². The third-order valence-corrected chi connectivity index (χ3v) is 7.17. The minimum Gasteiger partial charge on any atom is -0.342 e. The highest BCUT2D eigenvalue weighted by Crippen LogP contribution is 2.49. The van der Waals surface area contributed by atoms with Gasteiger partial charge in [-0.2, -0.15) is 0 Å². The minimum absolute atomic E-state index is 0.127. The van der Waals surface area contributed by atoms with Crippen molar-refractivity contribution in [3.05, 3.63) is 46.8 Å². The normalized spacial score (nSPS) is 26.1. The van der Waals surface area contributed by atoms with Gasteiger partial charge >= 0.3 is 0 Å². The van der Waals surface area contributed by atoms with Crippen LogP contribution in [0.2, 0.25) is 0 Å². The number of fused-ring (bicyclic) bond motifs is 1. The molecule has 3 nitrogen and oxygen atoms in total. The molecule has 0 aliphatic heterocycles. The Morgan fingerprint density at radius 3 is 2.13 bits per heavy atom. The summed E-state index contributed by atoms with van der Waals surface area (Å²) in [5.74, 6) is -0.0383. The predicted octanol–water partition coefficient (Wildman–Crippen LogP) is 6.81. The zero-order valence-electron chi connectivity index (χ0n) is 19.4. The number of hydrogen-bond acceptors (Lipinski definition) is 3. The van der Waals surface area contributed by atoms with Crippen LogP contribution >= 0.6 is 0 Å². The van der Waals surface area contributed by atoms with Crippen LogP contribution in [0.4, 0.5) is 4.39 Å². The van der Waals surface area contributed by atoms with E-state index in [4.69, 9.17) is 9.47 Å². The van der Waals surface area contributed by atoms with E-state index in [1.807, 2.05) is 18.2 Å². The maximum atomic E-state index is 14.0. The molecule has 0 heterocycles. The summed E-state index contributed by atoms with van der Waals surface area (Å²) in [7, 11) is 0. The van der Waals surface area contributed by atoms with Gasteiger partial charge in [-0.3, -0.25) is 4.79 Å². The largest absolute Gasteiger partial charge is 0.342 e. The molecule has 0 N–H and O–H groups in total. The van der Waals surface area contributed by atoms with E-state index in [0.717, 1.165) is 16.7 Å². The lowest BCUT2D eigenvalue weighted by atomic mass is 9.80. The summed E-state index contributed by atoms with van der Waals surface area (Å²) in [5, 5.41) is 0. The van der Waals surface area contributed by atoms with Gasteiger partial charge in [0.2, 0.25) is 0 Å². The molecule has 2 unspecified atom stereocenters. The second kappa shape index (κ2) is 8.63. The number of carbonyl (C=O) groups is 1. The van der Waals surface area contributed by atoms with Crippen LogP contribution < -0.4 is 0 Å². The van der Waals surface area contributed by atoms with Crippen molar-refractivity contribution in [1.29, 1.82) is 0 Å². The fraction of sp³-hybridized carbons (Fsp3) is 0.593. The van der Waals surface area contributed by atoms with Gasteiger partial charge in [0.15, 0.2) is 17.9 Å². The van der Waals surface area contributed by atoms with E-state index in [1.165, 1.54) is 31.3 Å². The molecule has 0 bridgehead atoms. The van der Waals surface area contributed by atoms with Crippen molar-refractivity contribution in [2.75, 3.05) is 0 Å². The van der Waals surface area contributed by atoms with E-state index < -0.39 is 11.6 Å². The molecule has 4 rings (SSSR count). The van der Waals surface area contributed by atoms with Crippen LogP contribution in [0.5, 0.6) is 0 Å². The Balaban J connectivity index is 1.80. The Morgan fingerprint density at radius 2 is 1.65 bits per heavy atom. The molecular formula is C27H35FO3. The lowest BCUT2D eigenvalue weighted by molar-refractivity contribution is -0.288. The summed E-state index contributed by atoms with van der Waals surface area (Å²) in [6.45, 7) is 10.3. The zero-order valence-corrected chi connectivity index (χ0v) is 19.4. The maximum Gasteiger partial charge on any atom is 0.199 e. The zero-order chi connectivity index (χ0) is 22.3. The SMILES string of the molecule is C/C(=C(\F)C=O)c1ccc2c(c1)C(C(C)C)=CCC2(OC(C)C1CC1)OC(C)C1CC1. The van der Waals surface area contributed by atoms with Gasteiger partial charge in [-0.1, -0.05) is 32.1 Å². The standard InChI is InChI=1S/C27H35FO3/c1-16(2)23-12-13-27(30-18(4)20-6-7-20,31-19(5)21-8-9-21)25-11-10-22(14-24(23)25)17(3)26(28)15-29/h10-12,14-16,18-21H,6-9,13H2,1-5H3/b26-17+. The number of benzene rings is 1. The number of aldehydes is 1. The Bertz CT molecular complexity index is 885. The minimum atomic E-state index is -0.822. The highest BCUT2D eigenvalue weighted by Gasteiger charge is 2.46. The van der Waals surface area contributed by atoms with Gasteiger partial charge < -0.3 is 9.47 Å². The van der Waals surface area contributed by atoms with Crippen molar-refractivity contribution in [2.24, 2.45) is 17.8 Å². The maximum absolute atomic E-state index is 14.0. The van der Waals surface area contributed by atoms with Crippen molar-refractivity contribution in [2.45, 2.75) is 84.7 Å². The summed E-state index contributed by atoms with van der Waals surface area (Å²) in [5.41, 5.74) is 4.37. The Hall–Kier alpha value is -1.78. The Labute approximate surface area is 185 Å². The molecule has 0 spiro atoms. The molecule has 0 amide bonds. The van der Waals surface area contributed by atoms with Gasteiger partial charge in [0.05, 0.1) is 12.2 Å². The first-order valence-electron chi connectivity index (χ1n) is 11.8. The molecule has 1 aromatic carbocycles. The molecule has 2 fully saturated rings. The summed E-state index contributed by atoms with van der Waals surface area (Å²) < 4.78 is 27.6. The lowest BCUT2D eigenvalue weighted by Crippen LogP contribution is -2.42. The molecule has 4 heteroatoms. The average Bonchev–Trinajstić information content (AvgIpc) is 3.64. The number of allylic oxidation sites excluding steroid dienone is 3. The second-order valence-electron chi connectivity index (χ2n) is 9.94. The number of ether oxygens (including phenoxy) is 2. The van der Waals surface area contributed by atoms with Gasteiger partial charge in [-0.05, 0) is 92.5 Å². The van der Waals surface area contributed by atoms with Gasteiger partial charge in [0.1, 0.15) is 0 Å². The van der Waals surface area contributed by atoms with Crippen LogP contribution in [-0.4, -0.2) is 18.5 Å². The van der Waals surface area contributed by atoms with Crippen LogP contribution in [0.3, 0.4) is 0 Å². The van der Waals surface area contributed by atoms with E-state index in [0.29, 0.717) is 29.7 Å². The van der Waals surface area contributed by atoms with Gasteiger partial charge in [-0.25, -0.2) is 4.39 Å². The van der Waals surface area contributed by atoms with Crippen molar-refractivity contribution >= 4 is 17.4 Å². The molecule has 2 atom stereocenters. The van der Waals surface area contributed by atoms with Gasteiger partial charge in [-0.15, -0.1) is 0 Å². The topological polar surface area (TPSA) is 35.5 Å². The molecule has 31 heavy (non-hydrogen) atoms. The van der Waals surface area contributed by atoms with E-state index >= 15 is 0 Å². The lowest BCUT2D eigenvalue weighted by Gasteiger charge is -2.42. The van der Waals surface area contributed by atoms with Crippen molar-refractivity contribution in [1.82, 2.24) is 0 Å². The smallest absolute Gasteiger partial charge is 0.199 e. The molecule has 3 aliphatic carbocycles. The molecular weight excluding hydrogens is 391 g/mol. The van der Waals surface area contributed by atoms with Crippen LogP contribution in [0.1, 0.15) is 83.4 Å². The van der Waals surface area contributed by atoms with Crippen molar-refractivity contribution in [3.8, 4) is 0 Å². The number of hydrogen-bond donors (Lipinski definition) is 0. The quantitative estimate of drug-likeness (QED) is 0.247. The molecule has 2 saturated carbocycles. The third-order valence-electron chi connectivity index (χ3n) is 7.17. The Morgan fingerprint density at radius 1 is 1.06 bits per heavy atom. The number of rotatable bonds is 9. The van der Waals surface area contributed by atoms with E-state index in [-0.39, 0.29) is 18.5 Å². The number of halogens is 1. The van der Waals surface area contributed by atoms with Gasteiger partial charge in [0.25, 0.3) is 0 Å². The summed E-state index contributed by atoms with van der Waals surface area (Å²) >= 11 is 0. The summed E-state index contributed by atoms with van der Waals surface area (Å²) in [4.78, 5) is 11.0. The van der Waals surface area contributed by atoms with Crippen LogP contribution in [-0.2, 0) is 20.1 Å². The third kappa shape index (κ3) is 4.56. The first kappa shape index (κ1) is 22.4. The number of carbonyl (C=O) groups excluding carboxylic acids is 1. The highest BCUT2D eigenvalue weighted by atomic mass is 19.1. The fourth-order valence-corrected chi connectivity index (χ4v) is 4.76. The highest BCUT2D eigenvalue weighted by molar-refractivity contribution is 5.86.